The lowest BCUT2D eigenvalue weighted by atomic mass is 10.2. The summed E-state index contributed by atoms with van der Waals surface area (Å²) in [5, 5.41) is 9.33. The topological polar surface area (TPSA) is 36.0 Å². The summed E-state index contributed by atoms with van der Waals surface area (Å²) >= 11 is 0. The quantitative estimate of drug-likeness (QED) is 0.593. The van der Waals surface area contributed by atoms with E-state index in [1.807, 2.05) is 0 Å². The van der Waals surface area contributed by atoms with Crippen molar-refractivity contribution in [1.82, 2.24) is 4.98 Å². The van der Waals surface area contributed by atoms with E-state index in [2.05, 4.69) is 4.98 Å². The van der Waals surface area contributed by atoms with Gasteiger partial charge in [-0.3, -0.25) is 0 Å². The van der Waals surface area contributed by atoms with Crippen molar-refractivity contribution in [2.45, 2.75) is 0 Å². The largest absolute Gasteiger partial charge is 0.492 e. The van der Waals surface area contributed by atoms with Crippen LogP contribution >= 0.6 is 0 Å². The maximum atomic E-state index is 12.9. The number of hydrogen-bond acceptors (Lipinski definition) is 1. The van der Waals surface area contributed by atoms with Crippen LogP contribution in [0.1, 0.15) is 0 Å². The summed E-state index contributed by atoms with van der Waals surface area (Å²) in [6.45, 7) is 0. The molecule has 0 saturated carbocycles. The van der Waals surface area contributed by atoms with E-state index in [9.17, 15) is 4.39 Å². The van der Waals surface area contributed by atoms with Gasteiger partial charge in [0.05, 0.1) is 5.52 Å². The van der Waals surface area contributed by atoms with Crippen LogP contribution in [0.25, 0.3) is 10.9 Å². The predicted octanol–water partition coefficient (Wildman–Crippen LogP) is 2.01. The van der Waals surface area contributed by atoms with Crippen LogP contribution in [0.5, 0.6) is 5.88 Å². The lowest BCUT2D eigenvalue weighted by Gasteiger charge is -1.84. The van der Waals surface area contributed by atoms with Gasteiger partial charge in [-0.15, -0.1) is 0 Å². The van der Waals surface area contributed by atoms with Crippen molar-refractivity contribution >= 4 is 10.9 Å². The van der Waals surface area contributed by atoms with E-state index in [1.54, 1.807) is 24.3 Å². The second-order valence-corrected chi connectivity index (χ2v) is 2.33. The molecule has 1 heterocycles. The highest BCUT2D eigenvalue weighted by Gasteiger charge is 2.07. The lowest BCUT2D eigenvalue weighted by molar-refractivity contribution is 0.421. The molecule has 2 rings (SSSR count). The number of benzene rings is 1. The van der Waals surface area contributed by atoms with Gasteiger partial charge in [0.25, 0.3) is 0 Å². The minimum Gasteiger partial charge on any atom is -0.492 e. The van der Waals surface area contributed by atoms with Crippen LogP contribution in [-0.2, 0) is 0 Å². The summed E-state index contributed by atoms with van der Waals surface area (Å²) in [7, 11) is 0. The third-order valence-electron chi connectivity index (χ3n) is 1.62. The molecule has 0 radical (unpaired) electrons. The summed E-state index contributed by atoms with van der Waals surface area (Å²) in [6.07, 6.45) is 0. The number of aromatic hydroxyl groups is 1. The molecule has 0 amide bonds. The highest BCUT2D eigenvalue weighted by molar-refractivity contribution is 5.81. The van der Waals surface area contributed by atoms with Crippen molar-refractivity contribution in [3.8, 4) is 5.88 Å². The summed E-state index contributed by atoms with van der Waals surface area (Å²) in [5.41, 5.74) is 0.613. The molecule has 0 bridgehead atoms. The Kier molecular flexibility index (Phi) is 1.12. The molecule has 3 heteroatoms. The number of para-hydroxylation sites is 1. The third kappa shape index (κ3) is 0.774. The highest BCUT2D eigenvalue weighted by atomic mass is 19.1. The number of fused-ring (bicyclic) bond motifs is 1. The number of aromatic amines is 1. The molecule has 1 aromatic heterocycles. The fourth-order valence-electron chi connectivity index (χ4n) is 1.09. The van der Waals surface area contributed by atoms with Gasteiger partial charge in [-0.2, -0.15) is 0 Å². The number of H-pyrrole nitrogens is 1. The minimum absolute atomic E-state index is 0.397. The Morgan fingerprint density at radius 1 is 1.27 bits per heavy atom. The van der Waals surface area contributed by atoms with E-state index in [4.69, 9.17) is 5.11 Å². The monoisotopic (exact) mass is 151 g/mol. The highest BCUT2D eigenvalue weighted by Crippen LogP contribution is 2.24. The third-order valence-corrected chi connectivity index (χ3v) is 1.62. The zero-order valence-electron chi connectivity index (χ0n) is 5.63. The Morgan fingerprint density at radius 2 is 2.00 bits per heavy atom. The Hall–Kier alpha value is -1.51. The molecule has 2 aromatic rings. The second kappa shape index (κ2) is 1.99. The summed E-state index contributed by atoms with van der Waals surface area (Å²) in [6, 6.07) is 6.81. The van der Waals surface area contributed by atoms with Crippen LogP contribution < -0.4 is 0 Å². The maximum absolute atomic E-state index is 12.9. The van der Waals surface area contributed by atoms with Crippen LogP contribution in [0.3, 0.4) is 0 Å². The zero-order chi connectivity index (χ0) is 7.84. The van der Waals surface area contributed by atoms with Gasteiger partial charge in [-0.1, -0.05) is 12.1 Å². The number of nitrogens with one attached hydrogen (secondary N) is 1. The summed E-state index contributed by atoms with van der Waals surface area (Å²) in [4.78, 5) is 2.51. The average Bonchev–Trinajstić information content (AvgIpc) is 2.30. The molecule has 0 fully saturated rings. The molecule has 0 saturated heterocycles. The van der Waals surface area contributed by atoms with Gasteiger partial charge in [0, 0.05) is 5.39 Å². The first-order chi connectivity index (χ1) is 5.29. The standard InChI is InChI=1S/C8H6FNO/c9-7-5-3-1-2-4-6(5)10-8(7)11/h1-4,10-11H. The van der Waals surface area contributed by atoms with Crippen molar-refractivity contribution in [1.29, 1.82) is 0 Å². The first kappa shape index (κ1) is 6.22. The normalized spacial score (nSPS) is 10.6. The van der Waals surface area contributed by atoms with Crippen LogP contribution in [0.2, 0.25) is 0 Å². The molecule has 0 unspecified atom stereocenters. The molecule has 0 atom stereocenters. The predicted molar refractivity (Wildman–Crippen MR) is 39.9 cm³/mol. The van der Waals surface area contributed by atoms with Crippen molar-refractivity contribution in [3.05, 3.63) is 30.1 Å². The smallest absolute Gasteiger partial charge is 0.226 e. The van der Waals surface area contributed by atoms with E-state index < -0.39 is 11.7 Å². The Bertz CT molecular complexity index is 394. The minimum atomic E-state index is -0.583. The Balaban J connectivity index is 2.92. The van der Waals surface area contributed by atoms with Crippen LogP contribution in [-0.4, -0.2) is 10.1 Å². The molecule has 11 heavy (non-hydrogen) atoms. The van der Waals surface area contributed by atoms with Gasteiger partial charge in [0.2, 0.25) is 5.88 Å². The van der Waals surface area contributed by atoms with Crippen molar-refractivity contribution < 1.29 is 9.50 Å². The molecule has 0 aliphatic carbocycles. The second-order valence-electron chi connectivity index (χ2n) is 2.33. The van der Waals surface area contributed by atoms with Gasteiger partial charge < -0.3 is 10.1 Å². The molecule has 2 nitrogen and oxygen atoms in total. The number of halogens is 1. The van der Waals surface area contributed by atoms with E-state index in [0.717, 1.165) is 0 Å². The van der Waals surface area contributed by atoms with Crippen LogP contribution in [0.4, 0.5) is 4.39 Å². The SMILES string of the molecule is Oc1[nH]c2ccccc2c1F. The summed E-state index contributed by atoms with van der Waals surface area (Å²) in [5.74, 6) is -0.980. The van der Waals surface area contributed by atoms with Gasteiger partial charge in [-0.05, 0) is 12.1 Å². The van der Waals surface area contributed by atoms with Gasteiger partial charge >= 0.3 is 0 Å². The number of aromatic nitrogens is 1. The Morgan fingerprint density at radius 3 is 2.73 bits per heavy atom. The first-order valence-electron chi connectivity index (χ1n) is 3.24. The first-order valence-corrected chi connectivity index (χ1v) is 3.24. The van der Waals surface area contributed by atoms with Crippen molar-refractivity contribution in [3.63, 3.8) is 0 Å². The van der Waals surface area contributed by atoms with E-state index in [-0.39, 0.29) is 0 Å². The van der Waals surface area contributed by atoms with Crippen molar-refractivity contribution in [2.24, 2.45) is 0 Å². The molecule has 56 valence electrons. The van der Waals surface area contributed by atoms with Gasteiger partial charge in [0.15, 0.2) is 5.82 Å². The number of rotatable bonds is 0. The lowest BCUT2D eigenvalue weighted by Crippen LogP contribution is -1.66. The molecule has 0 spiro atoms. The molecular formula is C8H6FNO. The van der Waals surface area contributed by atoms with E-state index in [0.29, 0.717) is 10.9 Å². The van der Waals surface area contributed by atoms with E-state index in [1.165, 1.54) is 0 Å². The summed E-state index contributed by atoms with van der Waals surface area (Å²) < 4.78 is 12.9. The number of hydrogen-bond donors (Lipinski definition) is 2. The fourth-order valence-corrected chi connectivity index (χ4v) is 1.09. The molecular weight excluding hydrogens is 145 g/mol. The van der Waals surface area contributed by atoms with Gasteiger partial charge in [0.1, 0.15) is 0 Å². The molecule has 2 N–H and O–H groups in total. The molecule has 0 aliphatic rings. The van der Waals surface area contributed by atoms with Crippen LogP contribution in [0, 0.1) is 5.82 Å². The van der Waals surface area contributed by atoms with E-state index >= 15 is 0 Å². The fraction of sp³-hybridized carbons (Fsp3) is 0. The van der Waals surface area contributed by atoms with Crippen molar-refractivity contribution in [2.75, 3.05) is 0 Å². The zero-order valence-corrected chi connectivity index (χ0v) is 5.63. The molecule has 0 aliphatic heterocycles. The Labute approximate surface area is 62.3 Å². The average molecular weight is 151 g/mol. The molecule has 1 aromatic carbocycles. The maximum Gasteiger partial charge on any atom is 0.226 e. The van der Waals surface area contributed by atoms with Crippen LogP contribution in [0.15, 0.2) is 24.3 Å². The van der Waals surface area contributed by atoms with Gasteiger partial charge in [-0.25, -0.2) is 4.39 Å².